The third-order valence-electron chi connectivity index (χ3n) is 3.78. The van der Waals surface area contributed by atoms with Crippen molar-refractivity contribution in [3.05, 3.63) is 16.6 Å². The molecule has 0 radical (unpaired) electrons. The second-order valence-corrected chi connectivity index (χ2v) is 6.07. The first-order valence-corrected chi connectivity index (χ1v) is 8.24. The molecule has 1 aliphatic carbocycles. The predicted molar refractivity (Wildman–Crippen MR) is 79.6 cm³/mol. The molecule has 0 bridgehead atoms. The Kier molecular flexibility index (Phi) is 5.88. The Morgan fingerprint density at radius 3 is 2.81 bits per heavy atom. The van der Waals surface area contributed by atoms with E-state index in [4.69, 9.17) is 5.26 Å². The molecule has 5 nitrogen and oxygen atoms in total. The largest absolute Gasteiger partial charge is 0.352 e. The number of carbonyl (C=O) groups excluding carboxylic acids is 2. The molecule has 1 heterocycles. The molecule has 6 heteroatoms. The molecule has 1 aliphatic rings. The Morgan fingerprint density at radius 2 is 2.19 bits per heavy atom. The van der Waals surface area contributed by atoms with Crippen LogP contribution in [-0.2, 0) is 16.0 Å². The van der Waals surface area contributed by atoms with Gasteiger partial charge in [0.1, 0.15) is 0 Å². The highest BCUT2D eigenvalue weighted by Gasteiger charge is 2.28. The van der Waals surface area contributed by atoms with Gasteiger partial charge in [0.2, 0.25) is 5.91 Å². The van der Waals surface area contributed by atoms with Crippen LogP contribution >= 0.6 is 11.3 Å². The topological polar surface area (TPSA) is 82.8 Å². The Labute approximate surface area is 128 Å². The minimum absolute atomic E-state index is 0.119. The highest BCUT2D eigenvalue weighted by atomic mass is 32.1. The number of hydrogen-bond acceptors (Lipinski definition) is 5. The average Bonchev–Trinajstić information content (AvgIpc) is 3.00. The van der Waals surface area contributed by atoms with Gasteiger partial charge in [0, 0.05) is 17.8 Å². The minimum Gasteiger partial charge on any atom is -0.352 e. The second-order valence-electron chi connectivity index (χ2n) is 5.35. The van der Waals surface area contributed by atoms with Crippen LogP contribution in [0.15, 0.2) is 10.9 Å². The first kappa shape index (κ1) is 15.6. The van der Waals surface area contributed by atoms with Gasteiger partial charge in [-0.1, -0.05) is 19.3 Å². The average molecular weight is 305 g/mol. The lowest BCUT2D eigenvalue weighted by molar-refractivity contribution is -0.132. The Morgan fingerprint density at radius 1 is 1.43 bits per heavy atom. The van der Waals surface area contributed by atoms with Gasteiger partial charge in [0.15, 0.2) is 11.7 Å². The number of ketones is 1. The van der Waals surface area contributed by atoms with Crippen LogP contribution in [0.5, 0.6) is 0 Å². The lowest BCUT2D eigenvalue weighted by atomic mass is 9.94. The summed E-state index contributed by atoms with van der Waals surface area (Å²) in [6.07, 6.45) is 5.94. The molecule has 1 saturated carbocycles. The molecule has 0 aliphatic heterocycles. The van der Waals surface area contributed by atoms with Crippen LogP contribution in [0, 0.1) is 17.2 Å². The predicted octanol–water partition coefficient (Wildman–Crippen LogP) is 2.23. The maximum atomic E-state index is 12.1. The summed E-state index contributed by atoms with van der Waals surface area (Å²) in [5.74, 6) is -1.95. The lowest BCUT2D eigenvalue weighted by Gasteiger charge is -2.23. The molecule has 21 heavy (non-hydrogen) atoms. The molecule has 0 saturated heterocycles. The standard InChI is InChI=1S/C15H19N3O2S/c16-8-13(14(19)7-6-12-9-21-10-17-12)15(20)18-11-4-2-1-3-5-11/h9-11,13H,1-7H2,(H,18,20). The van der Waals surface area contributed by atoms with Crippen molar-refractivity contribution in [2.75, 3.05) is 0 Å². The molecule has 1 aromatic heterocycles. The van der Waals surface area contributed by atoms with Gasteiger partial charge in [0.05, 0.1) is 17.3 Å². The SMILES string of the molecule is N#CC(C(=O)CCc1cscn1)C(=O)NC1CCCCC1. The summed E-state index contributed by atoms with van der Waals surface area (Å²) in [5.41, 5.74) is 2.54. The fourth-order valence-corrected chi connectivity index (χ4v) is 3.16. The van der Waals surface area contributed by atoms with E-state index in [2.05, 4.69) is 10.3 Å². The number of rotatable bonds is 6. The van der Waals surface area contributed by atoms with E-state index in [0.717, 1.165) is 31.4 Å². The van der Waals surface area contributed by atoms with Gasteiger partial charge in [-0.2, -0.15) is 5.26 Å². The zero-order valence-electron chi connectivity index (χ0n) is 11.9. The third-order valence-corrected chi connectivity index (χ3v) is 4.41. The van der Waals surface area contributed by atoms with Crippen molar-refractivity contribution in [2.45, 2.75) is 51.0 Å². The van der Waals surface area contributed by atoms with Crippen molar-refractivity contribution in [1.82, 2.24) is 10.3 Å². The third kappa shape index (κ3) is 4.64. The zero-order chi connectivity index (χ0) is 15.1. The van der Waals surface area contributed by atoms with E-state index in [9.17, 15) is 9.59 Å². The summed E-state index contributed by atoms with van der Waals surface area (Å²) >= 11 is 1.47. The molecule has 1 fully saturated rings. The smallest absolute Gasteiger partial charge is 0.245 e. The molecule has 1 aromatic rings. The van der Waals surface area contributed by atoms with Crippen molar-refractivity contribution >= 4 is 23.0 Å². The van der Waals surface area contributed by atoms with Gasteiger partial charge in [-0.3, -0.25) is 9.59 Å². The molecule has 0 spiro atoms. The molecule has 0 aromatic carbocycles. The van der Waals surface area contributed by atoms with Crippen LogP contribution in [0.1, 0.15) is 44.2 Å². The van der Waals surface area contributed by atoms with E-state index >= 15 is 0 Å². The van der Waals surface area contributed by atoms with Crippen molar-refractivity contribution in [1.29, 1.82) is 5.26 Å². The normalized spacial score (nSPS) is 16.9. The van der Waals surface area contributed by atoms with Crippen molar-refractivity contribution in [3.63, 3.8) is 0 Å². The molecule has 2 rings (SSSR count). The Hall–Kier alpha value is -1.74. The highest BCUT2D eigenvalue weighted by Crippen LogP contribution is 2.18. The number of hydrogen-bond donors (Lipinski definition) is 1. The summed E-state index contributed by atoms with van der Waals surface area (Å²) in [7, 11) is 0. The van der Waals surface area contributed by atoms with E-state index in [1.165, 1.54) is 17.8 Å². The number of thiazole rings is 1. The van der Waals surface area contributed by atoms with Gasteiger partial charge in [-0.15, -0.1) is 11.3 Å². The van der Waals surface area contributed by atoms with Crippen LogP contribution in [0.2, 0.25) is 0 Å². The van der Waals surface area contributed by atoms with E-state index in [0.29, 0.717) is 6.42 Å². The molecule has 1 N–H and O–H groups in total. The van der Waals surface area contributed by atoms with Crippen molar-refractivity contribution < 1.29 is 9.59 Å². The molecule has 1 amide bonds. The van der Waals surface area contributed by atoms with Gasteiger partial charge in [0.25, 0.3) is 0 Å². The number of amides is 1. The number of nitriles is 1. The van der Waals surface area contributed by atoms with Gasteiger partial charge in [-0.25, -0.2) is 4.98 Å². The van der Waals surface area contributed by atoms with E-state index < -0.39 is 11.8 Å². The van der Waals surface area contributed by atoms with Gasteiger partial charge < -0.3 is 5.32 Å². The van der Waals surface area contributed by atoms with Gasteiger partial charge >= 0.3 is 0 Å². The van der Waals surface area contributed by atoms with Crippen LogP contribution in [0.25, 0.3) is 0 Å². The summed E-state index contributed by atoms with van der Waals surface area (Å²) < 4.78 is 0. The number of aryl methyl sites for hydroxylation is 1. The fraction of sp³-hybridized carbons (Fsp3) is 0.600. The molecular weight excluding hydrogens is 286 g/mol. The first-order chi connectivity index (χ1) is 10.2. The number of nitrogens with zero attached hydrogens (tertiary/aromatic N) is 2. The number of aromatic nitrogens is 1. The van der Waals surface area contributed by atoms with Crippen LogP contribution in [-0.4, -0.2) is 22.7 Å². The lowest BCUT2D eigenvalue weighted by Crippen LogP contribution is -2.42. The molecule has 1 unspecified atom stereocenters. The number of Topliss-reactive ketones (excluding diaryl/α,β-unsaturated/α-hetero) is 1. The van der Waals surface area contributed by atoms with Crippen LogP contribution in [0.4, 0.5) is 0 Å². The van der Waals surface area contributed by atoms with E-state index in [-0.39, 0.29) is 18.2 Å². The molecule has 112 valence electrons. The summed E-state index contributed by atoms with van der Waals surface area (Å²) in [6.45, 7) is 0. The monoisotopic (exact) mass is 305 g/mol. The zero-order valence-corrected chi connectivity index (χ0v) is 12.7. The summed E-state index contributed by atoms with van der Waals surface area (Å²) in [6, 6.07) is 1.96. The van der Waals surface area contributed by atoms with E-state index in [1.807, 2.05) is 11.4 Å². The van der Waals surface area contributed by atoms with Crippen LogP contribution < -0.4 is 5.32 Å². The fourth-order valence-electron chi connectivity index (χ4n) is 2.56. The summed E-state index contributed by atoms with van der Waals surface area (Å²) in [5, 5.41) is 13.8. The van der Waals surface area contributed by atoms with Gasteiger partial charge in [-0.05, 0) is 19.3 Å². The van der Waals surface area contributed by atoms with Crippen molar-refractivity contribution in [2.24, 2.45) is 5.92 Å². The Bertz CT molecular complexity index is 516. The van der Waals surface area contributed by atoms with Crippen LogP contribution in [0.3, 0.4) is 0 Å². The maximum absolute atomic E-state index is 12.1. The highest BCUT2D eigenvalue weighted by molar-refractivity contribution is 7.07. The molecule has 1 atom stereocenters. The molecular formula is C15H19N3O2S. The first-order valence-electron chi connectivity index (χ1n) is 7.30. The Balaban J connectivity index is 1.84. The van der Waals surface area contributed by atoms with Crippen molar-refractivity contribution in [3.8, 4) is 6.07 Å². The number of nitrogens with one attached hydrogen (secondary N) is 1. The number of carbonyl (C=O) groups is 2. The summed E-state index contributed by atoms with van der Waals surface area (Å²) in [4.78, 5) is 28.2. The quantitative estimate of drug-likeness (QED) is 0.817. The minimum atomic E-state index is -1.19. The maximum Gasteiger partial charge on any atom is 0.245 e. The van der Waals surface area contributed by atoms with E-state index in [1.54, 1.807) is 5.51 Å². The second kappa shape index (κ2) is 7.89.